The van der Waals surface area contributed by atoms with Gasteiger partial charge < -0.3 is 4.42 Å². The highest BCUT2D eigenvalue weighted by atomic mass is 32.2. The molecule has 0 saturated carbocycles. The maximum Gasteiger partial charge on any atom is 0.209 e. The molecule has 0 N–H and O–H groups in total. The summed E-state index contributed by atoms with van der Waals surface area (Å²) in [4.78, 5) is 13.9. The van der Waals surface area contributed by atoms with Gasteiger partial charge in [0.15, 0.2) is 15.4 Å². The Kier molecular flexibility index (Phi) is 5.43. The summed E-state index contributed by atoms with van der Waals surface area (Å²) in [5.74, 6) is 0.700. The summed E-state index contributed by atoms with van der Waals surface area (Å²) in [7, 11) is -3.24. The molecule has 0 atom stereocenters. The molecule has 1 saturated heterocycles. The molecule has 1 fully saturated rings. The maximum atomic E-state index is 12.1. The molecule has 1 aliphatic heterocycles. The van der Waals surface area contributed by atoms with Crippen molar-refractivity contribution in [3.8, 4) is 0 Å². The highest BCUT2D eigenvalue weighted by Crippen LogP contribution is 2.22. The second-order valence-electron chi connectivity index (χ2n) is 7.01. The number of sulfone groups is 1. The second kappa shape index (κ2) is 7.98. The molecule has 4 rings (SSSR count). The Labute approximate surface area is 164 Å². The zero-order valence-electron chi connectivity index (χ0n) is 15.9. The van der Waals surface area contributed by atoms with E-state index >= 15 is 0 Å². The Balaban J connectivity index is 1.38. The van der Waals surface area contributed by atoms with Gasteiger partial charge in [-0.05, 0) is 30.3 Å². The number of oxazole rings is 1. The van der Waals surface area contributed by atoms with Crippen molar-refractivity contribution in [2.45, 2.75) is 24.9 Å². The Morgan fingerprint density at radius 2 is 1.79 bits per heavy atom. The minimum atomic E-state index is -3.24. The third-order valence-electron chi connectivity index (χ3n) is 5.08. The summed E-state index contributed by atoms with van der Waals surface area (Å²) in [6, 6.07) is 10.9. The van der Waals surface area contributed by atoms with Crippen molar-refractivity contribution in [3.63, 3.8) is 0 Å². The van der Waals surface area contributed by atoms with Crippen LogP contribution in [-0.2, 0) is 22.9 Å². The Bertz CT molecular complexity index is 1040. The SMILES string of the molecule is CCS(=O)(=O)c1ccc2oc(CN3CCN(Cc4ccccn4)CC3)nc2c1. The predicted molar refractivity (Wildman–Crippen MR) is 107 cm³/mol. The normalized spacial score (nSPS) is 16.6. The largest absolute Gasteiger partial charge is 0.439 e. The van der Waals surface area contributed by atoms with Gasteiger partial charge in [0.05, 0.1) is 22.9 Å². The molecule has 8 heteroatoms. The first-order valence-corrected chi connectivity index (χ1v) is 11.2. The van der Waals surface area contributed by atoms with E-state index in [1.54, 1.807) is 25.1 Å². The highest BCUT2D eigenvalue weighted by Gasteiger charge is 2.20. The highest BCUT2D eigenvalue weighted by molar-refractivity contribution is 7.91. The number of hydrogen-bond acceptors (Lipinski definition) is 7. The lowest BCUT2D eigenvalue weighted by molar-refractivity contribution is 0.114. The summed E-state index contributed by atoms with van der Waals surface area (Å²) >= 11 is 0. The van der Waals surface area contributed by atoms with Gasteiger partial charge in [0.25, 0.3) is 0 Å². The molecular formula is C20H24N4O3S. The summed E-state index contributed by atoms with van der Waals surface area (Å²) in [6.45, 7) is 6.93. The van der Waals surface area contributed by atoms with Gasteiger partial charge in [-0.2, -0.15) is 0 Å². The number of benzene rings is 1. The molecule has 148 valence electrons. The summed E-state index contributed by atoms with van der Waals surface area (Å²) in [5.41, 5.74) is 2.31. The third-order valence-corrected chi connectivity index (χ3v) is 6.81. The minimum Gasteiger partial charge on any atom is -0.439 e. The monoisotopic (exact) mass is 400 g/mol. The molecule has 7 nitrogen and oxygen atoms in total. The molecule has 1 aromatic carbocycles. The molecule has 0 amide bonds. The number of pyridine rings is 1. The van der Waals surface area contributed by atoms with E-state index in [1.807, 2.05) is 18.3 Å². The van der Waals surface area contributed by atoms with Crippen LogP contribution in [0.4, 0.5) is 0 Å². The third kappa shape index (κ3) is 4.24. The van der Waals surface area contributed by atoms with E-state index in [9.17, 15) is 8.42 Å². The second-order valence-corrected chi connectivity index (χ2v) is 9.29. The van der Waals surface area contributed by atoms with Gasteiger partial charge in [-0.25, -0.2) is 13.4 Å². The standard InChI is InChI=1S/C20H24N4O3S/c1-2-28(25,26)17-6-7-19-18(13-17)22-20(27-19)15-24-11-9-23(10-12-24)14-16-5-3-4-8-21-16/h3-8,13H,2,9-12,14-15H2,1H3. The molecule has 3 heterocycles. The smallest absolute Gasteiger partial charge is 0.209 e. The van der Waals surface area contributed by atoms with E-state index in [1.165, 1.54) is 0 Å². The van der Waals surface area contributed by atoms with Gasteiger partial charge in [0, 0.05) is 38.9 Å². The number of piperazine rings is 1. The van der Waals surface area contributed by atoms with Gasteiger partial charge >= 0.3 is 0 Å². The summed E-state index contributed by atoms with van der Waals surface area (Å²) in [5, 5.41) is 0. The van der Waals surface area contributed by atoms with E-state index < -0.39 is 9.84 Å². The molecular weight excluding hydrogens is 376 g/mol. The fourth-order valence-electron chi connectivity index (χ4n) is 3.40. The lowest BCUT2D eigenvalue weighted by Crippen LogP contribution is -2.45. The molecule has 0 bridgehead atoms. The van der Waals surface area contributed by atoms with Crippen LogP contribution in [0.5, 0.6) is 0 Å². The van der Waals surface area contributed by atoms with E-state index in [0.29, 0.717) is 28.4 Å². The van der Waals surface area contributed by atoms with Crippen LogP contribution in [0.25, 0.3) is 11.1 Å². The molecule has 0 spiro atoms. The predicted octanol–water partition coefficient (Wildman–Crippen LogP) is 2.33. The van der Waals surface area contributed by atoms with Crippen LogP contribution in [-0.4, -0.2) is 60.1 Å². The Hall–Kier alpha value is -2.29. The van der Waals surface area contributed by atoms with E-state index in [0.717, 1.165) is 38.4 Å². The average Bonchev–Trinajstić information content (AvgIpc) is 3.12. The van der Waals surface area contributed by atoms with Crippen LogP contribution in [0.2, 0.25) is 0 Å². The topological polar surface area (TPSA) is 79.5 Å². The lowest BCUT2D eigenvalue weighted by Gasteiger charge is -2.33. The van der Waals surface area contributed by atoms with Gasteiger partial charge in [0.2, 0.25) is 5.89 Å². The first kappa shape index (κ1) is 19.0. The van der Waals surface area contributed by atoms with Crippen molar-refractivity contribution in [2.75, 3.05) is 31.9 Å². The number of hydrogen-bond donors (Lipinski definition) is 0. The first-order valence-electron chi connectivity index (χ1n) is 9.50. The molecule has 3 aromatic rings. The molecule has 2 aromatic heterocycles. The van der Waals surface area contributed by atoms with Gasteiger partial charge in [-0.1, -0.05) is 13.0 Å². The zero-order valence-corrected chi connectivity index (χ0v) is 16.7. The zero-order chi connectivity index (χ0) is 19.6. The van der Waals surface area contributed by atoms with Crippen molar-refractivity contribution < 1.29 is 12.8 Å². The van der Waals surface area contributed by atoms with Crippen LogP contribution in [0.3, 0.4) is 0 Å². The van der Waals surface area contributed by atoms with Gasteiger partial charge in [-0.15, -0.1) is 0 Å². The molecule has 28 heavy (non-hydrogen) atoms. The van der Waals surface area contributed by atoms with Gasteiger partial charge in [-0.3, -0.25) is 14.8 Å². The van der Waals surface area contributed by atoms with Crippen molar-refractivity contribution in [2.24, 2.45) is 0 Å². The molecule has 0 aliphatic carbocycles. The van der Waals surface area contributed by atoms with Crippen LogP contribution in [0.1, 0.15) is 18.5 Å². The number of fused-ring (bicyclic) bond motifs is 1. The van der Waals surface area contributed by atoms with E-state index in [-0.39, 0.29) is 5.75 Å². The van der Waals surface area contributed by atoms with Gasteiger partial charge in [0.1, 0.15) is 5.52 Å². The van der Waals surface area contributed by atoms with Crippen LogP contribution < -0.4 is 0 Å². The molecule has 0 unspecified atom stereocenters. The number of nitrogens with zero attached hydrogens (tertiary/aromatic N) is 4. The van der Waals surface area contributed by atoms with Crippen molar-refractivity contribution in [1.82, 2.24) is 19.8 Å². The maximum absolute atomic E-state index is 12.1. The number of rotatable bonds is 6. The summed E-state index contributed by atoms with van der Waals surface area (Å²) < 4.78 is 29.9. The minimum absolute atomic E-state index is 0.0754. The van der Waals surface area contributed by atoms with Crippen molar-refractivity contribution >= 4 is 20.9 Å². The van der Waals surface area contributed by atoms with E-state index in [2.05, 4.69) is 25.8 Å². The molecule has 0 radical (unpaired) electrons. The summed E-state index contributed by atoms with van der Waals surface area (Å²) in [6.07, 6.45) is 1.83. The Morgan fingerprint density at radius 3 is 2.46 bits per heavy atom. The fourth-order valence-corrected chi connectivity index (χ4v) is 4.30. The quantitative estimate of drug-likeness (QED) is 0.628. The van der Waals surface area contributed by atoms with Crippen LogP contribution in [0, 0.1) is 0 Å². The van der Waals surface area contributed by atoms with Crippen molar-refractivity contribution in [1.29, 1.82) is 0 Å². The lowest BCUT2D eigenvalue weighted by atomic mass is 10.2. The van der Waals surface area contributed by atoms with E-state index in [4.69, 9.17) is 4.42 Å². The Morgan fingerprint density at radius 1 is 1.04 bits per heavy atom. The van der Waals surface area contributed by atoms with Crippen LogP contribution in [0.15, 0.2) is 51.9 Å². The fraction of sp³-hybridized carbons (Fsp3) is 0.400. The van der Waals surface area contributed by atoms with Crippen molar-refractivity contribution in [3.05, 3.63) is 54.2 Å². The van der Waals surface area contributed by atoms with Crippen LogP contribution >= 0.6 is 0 Å². The average molecular weight is 401 g/mol. The molecule has 1 aliphatic rings. The first-order chi connectivity index (χ1) is 13.5. The number of aromatic nitrogens is 2.